The van der Waals surface area contributed by atoms with E-state index in [2.05, 4.69) is 0 Å². The van der Waals surface area contributed by atoms with E-state index in [1.807, 2.05) is 30.3 Å². The number of ether oxygens (including phenoxy) is 1. The second-order valence-corrected chi connectivity index (χ2v) is 4.54. The highest BCUT2D eigenvalue weighted by atomic mass is 16.5. The van der Waals surface area contributed by atoms with Crippen LogP contribution in [-0.2, 0) is 14.3 Å². The molecule has 1 aromatic rings. The summed E-state index contributed by atoms with van der Waals surface area (Å²) in [5, 5.41) is 0. The molecule has 2 N–H and O–H groups in total. The molecule has 1 heterocycles. The highest BCUT2D eigenvalue weighted by molar-refractivity contribution is 5.97. The number of hydrogen-bond donors (Lipinski definition) is 1. The molecule has 1 aliphatic heterocycles. The van der Waals surface area contributed by atoms with Gasteiger partial charge in [-0.2, -0.15) is 0 Å². The van der Waals surface area contributed by atoms with E-state index in [0.717, 1.165) is 18.5 Å². The number of carbonyl (C=O) groups is 2. The fourth-order valence-electron chi connectivity index (χ4n) is 2.14. The summed E-state index contributed by atoms with van der Waals surface area (Å²) in [5.74, 6) is -0.508. The van der Waals surface area contributed by atoms with Gasteiger partial charge in [0.25, 0.3) is 5.91 Å². The average Bonchev–Trinajstić information content (AvgIpc) is 2.93. The predicted molar refractivity (Wildman–Crippen MR) is 71.6 cm³/mol. The maximum absolute atomic E-state index is 12.4. The fourth-order valence-corrected chi connectivity index (χ4v) is 2.14. The minimum atomic E-state index is -0.416. The van der Waals surface area contributed by atoms with Crippen molar-refractivity contribution < 1.29 is 14.3 Å². The van der Waals surface area contributed by atoms with Crippen molar-refractivity contribution in [1.29, 1.82) is 0 Å². The molecule has 19 heavy (non-hydrogen) atoms. The largest absolute Gasteiger partial charge is 0.370 e. The molecule has 0 bridgehead atoms. The van der Waals surface area contributed by atoms with Gasteiger partial charge in [-0.05, 0) is 25.0 Å². The Hall–Kier alpha value is -1.88. The van der Waals surface area contributed by atoms with Crippen molar-refractivity contribution in [3.8, 4) is 0 Å². The highest BCUT2D eigenvalue weighted by Gasteiger charge is 2.29. The lowest BCUT2D eigenvalue weighted by Crippen LogP contribution is -2.40. The summed E-state index contributed by atoms with van der Waals surface area (Å²) in [5.41, 5.74) is 5.93. The van der Waals surface area contributed by atoms with E-state index in [1.54, 1.807) is 4.90 Å². The molecule has 1 aliphatic rings. The number of amides is 2. The Morgan fingerprint density at radius 2 is 2.05 bits per heavy atom. The van der Waals surface area contributed by atoms with Crippen LogP contribution in [0, 0.1) is 0 Å². The molecule has 2 rings (SSSR count). The minimum Gasteiger partial charge on any atom is -0.370 e. The van der Waals surface area contributed by atoms with Gasteiger partial charge in [0.05, 0.1) is 0 Å². The van der Waals surface area contributed by atoms with Crippen LogP contribution in [0.4, 0.5) is 5.69 Å². The Labute approximate surface area is 112 Å². The molecule has 1 saturated heterocycles. The number of nitrogens with two attached hydrogens (primary N) is 1. The molecule has 5 heteroatoms. The molecule has 0 unspecified atom stereocenters. The molecule has 0 radical (unpaired) electrons. The summed E-state index contributed by atoms with van der Waals surface area (Å²) in [6, 6.07) is 9.28. The Balaban J connectivity index is 2.13. The summed E-state index contributed by atoms with van der Waals surface area (Å²) in [4.78, 5) is 24.9. The number of rotatable bonds is 5. The molecule has 2 amide bonds. The van der Waals surface area contributed by atoms with Crippen molar-refractivity contribution in [3.63, 3.8) is 0 Å². The first-order chi connectivity index (χ1) is 9.18. The van der Waals surface area contributed by atoms with Crippen molar-refractivity contribution in [1.82, 2.24) is 0 Å². The zero-order valence-electron chi connectivity index (χ0n) is 10.7. The first kappa shape index (κ1) is 13.5. The standard InChI is InChI=1S/C14H18N2O3/c15-13(17)8-9-16(11-5-2-1-3-6-11)14(18)12-7-4-10-19-12/h1-3,5-6,12H,4,7-10H2,(H2,15,17)/t12-/m0/s1. The number of nitrogens with zero attached hydrogens (tertiary/aromatic N) is 1. The summed E-state index contributed by atoms with van der Waals surface area (Å²) >= 11 is 0. The fraction of sp³-hybridized carbons (Fsp3) is 0.429. The third-order valence-electron chi connectivity index (χ3n) is 3.12. The number of para-hydroxylation sites is 1. The van der Waals surface area contributed by atoms with Crippen LogP contribution >= 0.6 is 0 Å². The van der Waals surface area contributed by atoms with Gasteiger partial charge in [-0.1, -0.05) is 18.2 Å². The lowest BCUT2D eigenvalue weighted by molar-refractivity contribution is -0.127. The molecule has 0 aliphatic carbocycles. The van der Waals surface area contributed by atoms with E-state index in [0.29, 0.717) is 6.61 Å². The Morgan fingerprint density at radius 3 is 2.63 bits per heavy atom. The van der Waals surface area contributed by atoms with E-state index in [4.69, 9.17) is 10.5 Å². The van der Waals surface area contributed by atoms with Gasteiger partial charge in [-0.15, -0.1) is 0 Å². The molecular formula is C14H18N2O3. The highest BCUT2D eigenvalue weighted by Crippen LogP contribution is 2.20. The molecule has 102 valence electrons. The molecule has 0 saturated carbocycles. The second-order valence-electron chi connectivity index (χ2n) is 4.54. The van der Waals surface area contributed by atoms with Gasteiger partial charge in [0.15, 0.2) is 0 Å². The Bertz CT molecular complexity index is 441. The van der Waals surface area contributed by atoms with Crippen molar-refractivity contribution in [2.24, 2.45) is 5.73 Å². The first-order valence-electron chi connectivity index (χ1n) is 6.45. The number of benzene rings is 1. The van der Waals surface area contributed by atoms with Gasteiger partial charge in [0, 0.05) is 25.3 Å². The molecule has 1 aromatic carbocycles. The van der Waals surface area contributed by atoms with E-state index >= 15 is 0 Å². The summed E-state index contributed by atoms with van der Waals surface area (Å²) in [6.45, 7) is 0.910. The zero-order valence-corrected chi connectivity index (χ0v) is 10.7. The molecule has 5 nitrogen and oxygen atoms in total. The van der Waals surface area contributed by atoms with Gasteiger partial charge in [-0.25, -0.2) is 0 Å². The van der Waals surface area contributed by atoms with Gasteiger partial charge >= 0.3 is 0 Å². The second kappa shape index (κ2) is 6.33. The summed E-state index contributed by atoms with van der Waals surface area (Å²) in [6.07, 6.45) is 1.38. The normalized spacial score (nSPS) is 18.2. The van der Waals surface area contributed by atoms with E-state index in [-0.39, 0.29) is 18.9 Å². The smallest absolute Gasteiger partial charge is 0.256 e. The maximum atomic E-state index is 12.4. The zero-order chi connectivity index (χ0) is 13.7. The van der Waals surface area contributed by atoms with E-state index in [9.17, 15) is 9.59 Å². The van der Waals surface area contributed by atoms with E-state index < -0.39 is 12.0 Å². The van der Waals surface area contributed by atoms with Crippen LogP contribution in [0.25, 0.3) is 0 Å². The van der Waals surface area contributed by atoms with Crippen molar-refractivity contribution >= 4 is 17.5 Å². The van der Waals surface area contributed by atoms with Crippen molar-refractivity contribution in [3.05, 3.63) is 30.3 Å². The van der Waals surface area contributed by atoms with Crippen LogP contribution < -0.4 is 10.6 Å². The van der Waals surface area contributed by atoms with Gasteiger partial charge in [0.2, 0.25) is 5.91 Å². The van der Waals surface area contributed by atoms with Gasteiger partial charge in [0.1, 0.15) is 6.10 Å². The number of hydrogen-bond acceptors (Lipinski definition) is 3. The van der Waals surface area contributed by atoms with Crippen LogP contribution in [-0.4, -0.2) is 31.1 Å². The van der Waals surface area contributed by atoms with Crippen LogP contribution in [0.3, 0.4) is 0 Å². The number of carbonyl (C=O) groups excluding carboxylic acids is 2. The summed E-state index contributed by atoms with van der Waals surface area (Å²) in [7, 11) is 0. The third-order valence-corrected chi connectivity index (χ3v) is 3.12. The molecule has 1 fully saturated rings. The lowest BCUT2D eigenvalue weighted by Gasteiger charge is -2.25. The van der Waals surface area contributed by atoms with Crippen LogP contribution in [0.15, 0.2) is 30.3 Å². The number of anilines is 1. The maximum Gasteiger partial charge on any atom is 0.256 e. The van der Waals surface area contributed by atoms with Crippen molar-refractivity contribution in [2.45, 2.75) is 25.4 Å². The van der Waals surface area contributed by atoms with Crippen LogP contribution in [0.5, 0.6) is 0 Å². The monoisotopic (exact) mass is 262 g/mol. The quantitative estimate of drug-likeness (QED) is 0.862. The van der Waals surface area contributed by atoms with Crippen LogP contribution in [0.1, 0.15) is 19.3 Å². The van der Waals surface area contributed by atoms with Gasteiger partial charge < -0.3 is 15.4 Å². The average molecular weight is 262 g/mol. The van der Waals surface area contributed by atoms with Gasteiger partial charge in [-0.3, -0.25) is 9.59 Å². The predicted octanol–water partition coefficient (Wildman–Crippen LogP) is 1.07. The Morgan fingerprint density at radius 1 is 1.32 bits per heavy atom. The molecule has 0 spiro atoms. The molecule has 0 aromatic heterocycles. The molecule has 1 atom stereocenters. The van der Waals surface area contributed by atoms with Crippen molar-refractivity contribution in [2.75, 3.05) is 18.1 Å². The SMILES string of the molecule is NC(=O)CCN(C(=O)[C@@H]1CCCO1)c1ccccc1. The van der Waals surface area contributed by atoms with E-state index in [1.165, 1.54) is 0 Å². The van der Waals surface area contributed by atoms with Crippen LogP contribution in [0.2, 0.25) is 0 Å². The Kier molecular flexibility index (Phi) is 4.52. The molecular weight excluding hydrogens is 244 g/mol. The third kappa shape index (κ3) is 3.54. The summed E-state index contributed by atoms with van der Waals surface area (Å²) < 4.78 is 5.42. The minimum absolute atomic E-state index is 0.0926. The first-order valence-corrected chi connectivity index (χ1v) is 6.45. The lowest BCUT2D eigenvalue weighted by atomic mass is 10.2. The topological polar surface area (TPSA) is 72.6 Å². The number of primary amides is 1.